The van der Waals surface area contributed by atoms with Crippen molar-refractivity contribution in [2.24, 2.45) is 5.92 Å². The summed E-state index contributed by atoms with van der Waals surface area (Å²) in [5.74, 6) is 0.880. The zero-order chi connectivity index (χ0) is 15.1. The lowest BCUT2D eigenvalue weighted by atomic mass is 9.99. The fourth-order valence-electron chi connectivity index (χ4n) is 3.77. The average Bonchev–Trinajstić information content (AvgIpc) is 2.89. The first kappa shape index (κ1) is 17.0. The minimum absolute atomic E-state index is 0.180. The maximum Gasteiger partial charge on any atom is 0.0587 e. The summed E-state index contributed by atoms with van der Waals surface area (Å²) in [6.45, 7) is 4.55. The summed E-state index contributed by atoms with van der Waals surface area (Å²) in [5.41, 5.74) is 1.69. The predicted octanol–water partition coefficient (Wildman–Crippen LogP) is 3.11. The van der Waals surface area contributed by atoms with Crippen LogP contribution in [0, 0.1) is 5.92 Å². The minimum atomic E-state index is -0.208. The Morgan fingerprint density at radius 1 is 1.24 bits per heavy atom. The number of allylic oxidation sites excluding steroid dienone is 2. The van der Waals surface area contributed by atoms with Gasteiger partial charge in [-0.1, -0.05) is 31.4 Å². The van der Waals surface area contributed by atoms with Crippen molar-refractivity contribution in [3.63, 3.8) is 0 Å². The van der Waals surface area contributed by atoms with Gasteiger partial charge in [-0.3, -0.25) is 4.90 Å². The number of piperidine rings is 1. The second kappa shape index (κ2) is 8.92. The van der Waals surface area contributed by atoms with Crippen molar-refractivity contribution >= 4 is 0 Å². The fraction of sp³-hybridized carbons (Fsp3) is 0.889. The highest BCUT2D eigenvalue weighted by atomic mass is 16.3. The minimum Gasteiger partial charge on any atom is -0.395 e. The maximum absolute atomic E-state index is 9.65. The summed E-state index contributed by atoms with van der Waals surface area (Å²) >= 11 is 0. The molecule has 2 aliphatic rings. The summed E-state index contributed by atoms with van der Waals surface area (Å²) in [7, 11) is 0. The largest absolute Gasteiger partial charge is 0.395 e. The number of unbranched alkanes of at least 4 members (excludes halogenated alkanes) is 3. The summed E-state index contributed by atoms with van der Waals surface area (Å²) in [4.78, 5) is 2.37. The molecule has 0 amide bonds. The van der Waals surface area contributed by atoms with Gasteiger partial charge < -0.3 is 10.2 Å². The highest BCUT2D eigenvalue weighted by molar-refractivity contribution is 5.09. The molecule has 1 aliphatic carbocycles. The molecular formula is C18H33NO2. The van der Waals surface area contributed by atoms with Gasteiger partial charge in [0.1, 0.15) is 0 Å². The summed E-state index contributed by atoms with van der Waals surface area (Å²) in [6, 6.07) is 0.180. The zero-order valence-electron chi connectivity index (χ0n) is 13.6. The van der Waals surface area contributed by atoms with Crippen LogP contribution in [0.4, 0.5) is 0 Å². The van der Waals surface area contributed by atoms with Gasteiger partial charge in [0, 0.05) is 12.6 Å². The van der Waals surface area contributed by atoms with Gasteiger partial charge in [0.25, 0.3) is 0 Å². The van der Waals surface area contributed by atoms with Crippen molar-refractivity contribution in [2.75, 3.05) is 19.7 Å². The molecule has 1 saturated heterocycles. The van der Waals surface area contributed by atoms with Crippen molar-refractivity contribution in [2.45, 2.75) is 76.9 Å². The lowest BCUT2D eigenvalue weighted by Gasteiger charge is -2.36. The second-order valence-corrected chi connectivity index (χ2v) is 7.12. The molecule has 0 aromatic heterocycles. The van der Waals surface area contributed by atoms with Crippen LogP contribution in [-0.4, -0.2) is 47.0 Å². The van der Waals surface area contributed by atoms with E-state index >= 15 is 0 Å². The molecule has 122 valence electrons. The van der Waals surface area contributed by atoms with Gasteiger partial charge in [-0.15, -0.1) is 0 Å². The topological polar surface area (TPSA) is 43.7 Å². The van der Waals surface area contributed by atoms with Gasteiger partial charge >= 0.3 is 0 Å². The Morgan fingerprint density at radius 3 is 2.76 bits per heavy atom. The van der Waals surface area contributed by atoms with Crippen LogP contribution in [0.1, 0.15) is 64.7 Å². The van der Waals surface area contributed by atoms with Gasteiger partial charge in [0.15, 0.2) is 0 Å². The van der Waals surface area contributed by atoms with E-state index in [2.05, 4.69) is 17.9 Å². The van der Waals surface area contributed by atoms with E-state index in [1.165, 1.54) is 44.9 Å². The first-order valence-corrected chi connectivity index (χ1v) is 8.90. The third-order valence-electron chi connectivity index (χ3n) is 5.13. The lowest BCUT2D eigenvalue weighted by molar-refractivity contribution is 0.0163. The Labute approximate surface area is 130 Å². The third-order valence-corrected chi connectivity index (χ3v) is 5.13. The van der Waals surface area contributed by atoms with Crippen LogP contribution in [0.15, 0.2) is 11.6 Å². The monoisotopic (exact) mass is 295 g/mol. The highest BCUT2D eigenvalue weighted by Crippen LogP contribution is 2.28. The summed E-state index contributed by atoms with van der Waals surface area (Å²) in [6.07, 6.45) is 12.9. The van der Waals surface area contributed by atoms with E-state index in [-0.39, 0.29) is 18.8 Å². The number of nitrogens with zero attached hydrogens (tertiary/aromatic N) is 1. The van der Waals surface area contributed by atoms with E-state index in [4.69, 9.17) is 0 Å². The molecule has 3 heteroatoms. The van der Waals surface area contributed by atoms with Crippen molar-refractivity contribution in [1.29, 1.82) is 0 Å². The van der Waals surface area contributed by atoms with Gasteiger partial charge in [-0.2, -0.15) is 0 Å². The lowest BCUT2D eigenvalue weighted by Crippen LogP contribution is -2.46. The molecule has 0 spiro atoms. The Morgan fingerprint density at radius 2 is 2.05 bits per heavy atom. The highest BCUT2D eigenvalue weighted by Gasteiger charge is 2.26. The molecular weight excluding hydrogens is 262 g/mol. The molecule has 21 heavy (non-hydrogen) atoms. The van der Waals surface area contributed by atoms with Crippen molar-refractivity contribution in [3.8, 4) is 0 Å². The number of hydrogen-bond acceptors (Lipinski definition) is 3. The van der Waals surface area contributed by atoms with Gasteiger partial charge in [0.2, 0.25) is 0 Å². The van der Waals surface area contributed by atoms with Crippen LogP contribution >= 0.6 is 0 Å². The van der Waals surface area contributed by atoms with Gasteiger partial charge in [-0.05, 0) is 57.4 Å². The van der Waals surface area contributed by atoms with Crippen LogP contribution < -0.4 is 0 Å². The fourth-order valence-corrected chi connectivity index (χ4v) is 3.77. The van der Waals surface area contributed by atoms with Crippen molar-refractivity contribution in [1.82, 2.24) is 4.90 Å². The molecule has 0 radical (unpaired) electrons. The van der Waals surface area contributed by atoms with E-state index in [1.54, 1.807) is 5.57 Å². The molecule has 0 bridgehead atoms. The Kier molecular flexibility index (Phi) is 7.21. The SMILES string of the molecule is CC1CC=C(CCCCCCN2CCC(O)CC2CO)C1. The van der Waals surface area contributed by atoms with Gasteiger partial charge in [0.05, 0.1) is 12.7 Å². The van der Waals surface area contributed by atoms with Gasteiger partial charge in [-0.25, -0.2) is 0 Å². The van der Waals surface area contributed by atoms with Crippen LogP contribution in [0.2, 0.25) is 0 Å². The van der Waals surface area contributed by atoms with Crippen LogP contribution in [-0.2, 0) is 0 Å². The third kappa shape index (κ3) is 5.72. The molecule has 0 aromatic rings. The van der Waals surface area contributed by atoms with Crippen LogP contribution in [0.3, 0.4) is 0 Å². The van der Waals surface area contributed by atoms with Crippen LogP contribution in [0.5, 0.6) is 0 Å². The molecule has 1 aliphatic heterocycles. The first-order chi connectivity index (χ1) is 10.2. The quantitative estimate of drug-likeness (QED) is 0.534. The standard InChI is InChI=1S/C18H33NO2/c1-15-7-8-16(12-15)6-4-2-3-5-10-19-11-9-18(21)13-17(19)14-20/h8,15,17-18,20-21H,2-7,9-14H2,1H3. The Hall–Kier alpha value is -0.380. The molecule has 3 nitrogen and oxygen atoms in total. The molecule has 1 heterocycles. The van der Waals surface area contributed by atoms with E-state index in [0.29, 0.717) is 0 Å². The van der Waals surface area contributed by atoms with E-state index in [0.717, 1.165) is 31.8 Å². The smallest absolute Gasteiger partial charge is 0.0587 e. The number of hydrogen-bond donors (Lipinski definition) is 2. The first-order valence-electron chi connectivity index (χ1n) is 8.90. The van der Waals surface area contributed by atoms with E-state index in [9.17, 15) is 10.2 Å². The number of rotatable bonds is 8. The predicted molar refractivity (Wildman–Crippen MR) is 87.3 cm³/mol. The maximum atomic E-state index is 9.65. The molecule has 2 N–H and O–H groups in total. The summed E-state index contributed by atoms with van der Waals surface area (Å²) in [5, 5.41) is 19.1. The molecule has 0 saturated carbocycles. The molecule has 3 unspecified atom stereocenters. The Balaban J connectivity index is 1.51. The molecule has 3 atom stereocenters. The van der Waals surface area contributed by atoms with Crippen molar-refractivity contribution in [3.05, 3.63) is 11.6 Å². The molecule has 0 aromatic carbocycles. The van der Waals surface area contributed by atoms with Crippen LogP contribution in [0.25, 0.3) is 0 Å². The van der Waals surface area contributed by atoms with E-state index in [1.807, 2.05) is 0 Å². The second-order valence-electron chi connectivity index (χ2n) is 7.12. The van der Waals surface area contributed by atoms with Crippen molar-refractivity contribution < 1.29 is 10.2 Å². The normalized spacial score (nSPS) is 30.6. The molecule has 1 fully saturated rings. The Bertz CT molecular complexity index is 329. The number of aliphatic hydroxyl groups excluding tert-OH is 2. The number of likely N-dealkylation sites (tertiary alicyclic amines) is 1. The zero-order valence-corrected chi connectivity index (χ0v) is 13.6. The van der Waals surface area contributed by atoms with E-state index < -0.39 is 0 Å². The molecule has 2 rings (SSSR count). The summed E-state index contributed by atoms with van der Waals surface area (Å²) < 4.78 is 0. The number of aliphatic hydroxyl groups is 2. The average molecular weight is 295 g/mol.